The van der Waals surface area contributed by atoms with Crippen LogP contribution in [0.5, 0.6) is 5.75 Å². The van der Waals surface area contributed by atoms with Crippen molar-refractivity contribution in [2.75, 3.05) is 12.2 Å². The molecular formula is C28H25NO3. The number of anilines is 1. The van der Waals surface area contributed by atoms with Crippen molar-refractivity contribution in [1.29, 1.82) is 0 Å². The predicted molar refractivity (Wildman–Crippen MR) is 127 cm³/mol. The second-order valence-electron chi connectivity index (χ2n) is 8.21. The molecule has 0 bridgehead atoms. The molecule has 2 aliphatic rings. The van der Waals surface area contributed by atoms with Gasteiger partial charge in [-0.1, -0.05) is 66.3 Å². The number of aryl methyl sites for hydroxylation is 1. The third-order valence-corrected chi connectivity index (χ3v) is 6.11. The number of Topliss-reactive ketones (excluding diaryl/α,β-unsaturated/α-hetero) is 1. The number of benzene rings is 3. The minimum atomic E-state index is -0.470. The zero-order valence-corrected chi connectivity index (χ0v) is 18.1. The molecule has 4 nitrogen and oxygen atoms in total. The zero-order valence-electron chi connectivity index (χ0n) is 18.1. The number of hydrogen-bond acceptors (Lipinski definition) is 4. The minimum Gasteiger partial charge on any atom is -0.497 e. The summed E-state index contributed by atoms with van der Waals surface area (Å²) in [6, 6.07) is 25.1. The molecule has 4 heteroatoms. The lowest BCUT2D eigenvalue weighted by atomic mass is 9.86. The van der Waals surface area contributed by atoms with Crippen LogP contribution in [0.2, 0.25) is 0 Å². The number of rotatable bonds is 5. The molecule has 0 saturated carbocycles. The number of hydrogen-bond donors (Lipinski definition) is 0. The van der Waals surface area contributed by atoms with Gasteiger partial charge in [-0.25, -0.2) is 5.06 Å². The first-order chi connectivity index (χ1) is 15.6. The Morgan fingerprint density at radius 3 is 2.38 bits per heavy atom. The Morgan fingerprint density at radius 2 is 1.69 bits per heavy atom. The molecule has 1 heterocycles. The number of para-hydroxylation sites is 1. The van der Waals surface area contributed by atoms with Gasteiger partial charge >= 0.3 is 0 Å². The summed E-state index contributed by atoms with van der Waals surface area (Å²) in [6.45, 7) is 2.08. The summed E-state index contributed by atoms with van der Waals surface area (Å²) in [5.41, 5.74) is 4.95. The summed E-state index contributed by atoms with van der Waals surface area (Å²) < 4.78 is 5.26. The Bertz CT molecular complexity index is 1160. The van der Waals surface area contributed by atoms with Gasteiger partial charge in [0.2, 0.25) is 0 Å². The van der Waals surface area contributed by atoms with Crippen LogP contribution in [0, 0.1) is 12.8 Å². The number of fused-ring (bicyclic) bond motifs is 1. The average Bonchev–Trinajstić information content (AvgIpc) is 3.40. The summed E-state index contributed by atoms with van der Waals surface area (Å²) in [6.07, 6.45) is 6.12. The number of carbonyl (C=O) groups is 1. The van der Waals surface area contributed by atoms with Crippen molar-refractivity contribution < 1.29 is 14.4 Å². The van der Waals surface area contributed by atoms with Crippen LogP contribution < -0.4 is 9.80 Å². The Hall–Kier alpha value is -3.63. The first-order valence-corrected chi connectivity index (χ1v) is 10.8. The monoisotopic (exact) mass is 423 g/mol. The van der Waals surface area contributed by atoms with E-state index in [2.05, 4.69) is 49.4 Å². The molecule has 3 aromatic rings. The van der Waals surface area contributed by atoms with Crippen LogP contribution in [0.1, 0.15) is 21.5 Å². The maximum atomic E-state index is 13.8. The highest BCUT2D eigenvalue weighted by Gasteiger charge is 2.50. The van der Waals surface area contributed by atoms with Crippen molar-refractivity contribution in [3.63, 3.8) is 0 Å². The maximum absolute atomic E-state index is 13.8. The minimum absolute atomic E-state index is 0.0301. The van der Waals surface area contributed by atoms with E-state index in [4.69, 9.17) is 9.57 Å². The third kappa shape index (κ3) is 3.74. The maximum Gasteiger partial charge on any atom is 0.188 e. The molecule has 5 rings (SSSR count). The van der Waals surface area contributed by atoms with Crippen molar-refractivity contribution in [3.8, 4) is 5.75 Å². The Morgan fingerprint density at radius 1 is 0.969 bits per heavy atom. The highest BCUT2D eigenvalue weighted by Crippen LogP contribution is 2.43. The molecule has 1 saturated heterocycles. The normalized spacial score (nSPS) is 22.9. The number of nitrogens with zero attached hydrogens (tertiary/aromatic N) is 1. The van der Waals surface area contributed by atoms with Gasteiger partial charge in [-0.05, 0) is 54.5 Å². The molecule has 3 atom stereocenters. The third-order valence-electron chi connectivity index (χ3n) is 6.11. The molecular weight excluding hydrogens is 398 g/mol. The average molecular weight is 424 g/mol. The van der Waals surface area contributed by atoms with Gasteiger partial charge in [0.05, 0.1) is 12.8 Å². The van der Waals surface area contributed by atoms with Gasteiger partial charge in [-0.15, -0.1) is 0 Å². The van der Waals surface area contributed by atoms with E-state index in [1.807, 2.05) is 54.6 Å². The van der Waals surface area contributed by atoms with Gasteiger partial charge in [-0.2, -0.15) is 0 Å². The Balaban J connectivity index is 1.54. The molecule has 0 N–H and O–H groups in total. The van der Waals surface area contributed by atoms with Gasteiger partial charge in [0.25, 0.3) is 0 Å². The molecule has 0 radical (unpaired) electrons. The second kappa shape index (κ2) is 8.48. The molecule has 160 valence electrons. The van der Waals surface area contributed by atoms with E-state index in [-0.39, 0.29) is 17.8 Å². The summed E-state index contributed by atoms with van der Waals surface area (Å²) in [7, 11) is 1.62. The van der Waals surface area contributed by atoms with E-state index in [0.29, 0.717) is 5.56 Å². The van der Waals surface area contributed by atoms with Gasteiger partial charge in [0.15, 0.2) is 5.78 Å². The molecule has 0 aromatic heterocycles. The fourth-order valence-electron chi connectivity index (χ4n) is 4.42. The lowest BCUT2D eigenvalue weighted by Gasteiger charge is -2.26. The summed E-state index contributed by atoms with van der Waals surface area (Å²) in [5.74, 6) is 0.665. The van der Waals surface area contributed by atoms with Crippen molar-refractivity contribution in [2.24, 2.45) is 5.92 Å². The molecule has 1 aliphatic heterocycles. The second-order valence-corrected chi connectivity index (χ2v) is 8.21. The topological polar surface area (TPSA) is 38.8 Å². The van der Waals surface area contributed by atoms with E-state index in [1.165, 1.54) is 5.56 Å². The first-order valence-electron chi connectivity index (χ1n) is 10.8. The number of carbonyl (C=O) groups excluding carboxylic acids is 1. The lowest BCUT2D eigenvalue weighted by Crippen LogP contribution is -2.40. The largest absolute Gasteiger partial charge is 0.497 e. The van der Waals surface area contributed by atoms with Crippen LogP contribution in [0.15, 0.2) is 96.6 Å². The van der Waals surface area contributed by atoms with E-state index in [1.54, 1.807) is 12.2 Å². The van der Waals surface area contributed by atoms with Crippen LogP contribution in [0.4, 0.5) is 5.69 Å². The molecule has 0 unspecified atom stereocenters. The SMILES string of the molecule is COc1ccc(C(=O)[C@@H]2[C@H]3/C(=C/c4ccc(C)cc4)C=C[C@H]3ON2c2ccccc2)cc1. The van der Waals surface area contributed by atoms with Crippen molar-refractivity contribution in [2.45, 2.75) is 19.1 Å². The van der Waals surface area contributed by atoms with Crippen molar-refractivity contribution in [1.82, 2.24) is 0 Å². The van der Waals surface area contributed by atoms with Crippen molar-refractivity contribution >= 4 is 17.5 Å². The predicted octanol–water partition coefficient (Wildman–Crippen LogP) is 5.64. The molecule has 1 fully saturated rings. The highest BCUT2D eigenvalue weighted by atomic mass is 16.7. The standard InChI is InChI=1S/C28H25NO3/c1-19-8-10-20(11-9-19)18-22-14-17-25-26(22)27(29(32-25)23-6-4-3-5-7-23)28(30)21-12-15-24(31-2)16-13-21/h3-18,25-27H,1-2H3/b22-18+/t25-,26+,27+/m1/s1. The molecule has 0 amide bonds. The Kier molecular flexibility index (Phi) is 5.38. The van der Waals surface area contributed by atoms with Crippen molar-refractivity contribution in [3.05, 3.63) is 113 Å². The van der Waals surface area contributed by atoms with Crippen LogP contribution >= 0.6 is 0 Å². The first kappa shape index (κ1) is 20.3. The quantitative estimate of drug-likeness (QED) is 0.498. The van der Waals surface area contributed by atoms with Gasteiger partial charge < -0.3 is 4.74 Å². The summed E-state index contributed by atoms with van der Waals surface area (Å²) in [5, 5.41) is 1.79. The highest BCUT2D eigenvalue weighted by molar-refractivity contribution is 6.03. The van der Waals surface area contributed by atoms with Crippen LogP contribution in [0.3, 0.4) is 0 Å². The molecule has 1 aliphatic carbocycles. The number of methoxy groups -OCH3 is 1. The number of hydroxylamine groups is 1. The van der Waals surface area contributed by atoms with E-state index < -0.39 is 6.04 Å². The van der Waals surface area contributed by atoms with Gasteiger partial charge in [0, 0.05) is 11.5 Å². The fourth-order valence-corrected chi connectivity index (χ4v) is 4.42. The smallest absolute Gasteiger partial charge is 0.188 e. The molecule has 3 aromatic carbocycles. The van der Waals surface area contributed by atoms with Crippen LogP contribution in [-0.2, 0) is 4.84 Å². The summed E-state index contributed by atoms with van der Waals surface area (Å²) >= 11 is 0. The zero-order chi connectivity index (χ0) is 22.1. The number of allylic oxidation sites excluding steroid dienone is 1. The fraction of sp³-hybridized carbons (Fsp3) is 0.179. The van der Waals surface area contributed by atoms with E-state index in [0.717, 1.165) is 22.6 Å². The molecule has 32 heavy (non-hydrogen) atoms. The molecule has 0 spiro atoms. The van der Waals surface area contributed by atoms with E-state index >= 15 is 0 Å². The Labute approximate surface area is 188 Å². The number of ketones is 1. The van der Waals surface area contributed by atoms with Gasteiger partial charge in [-0.3, -0.25) is 9.63 Å². The van der Waals surface area contributed by atoms with E-state index in [9.17, 15) is 4.79 Å². The van der Waals surface area contributed by atoms with Gasteiger partial charge in [0.1, 0.15) is 17.9 Å². The lowest BCUT2D eigenvalue weighted by molar-refractivity contribution is 0.0885. The van der Waals surface area contributed by atoms with Crippen LogP contribution in [-0.4, -0.2) is 25.0 Å². The number of ether oxygens (including phenoxy) is 1. The van der Waals surface area contributed by atoms with Crippen LogP contribution in [0.25, 0.3) is 6.08 Å². The summed E-state index contributed by atoms with van der Waals surface area (Å²) in [4.78, 5) is 20.1.